The highest BCUT2D eigenvalue weighted by Gasteiger charge is 2.30. The van der Waals surface area contributed by atoms with E-state index in [1.54, 1.807) is 13.8 Å². The molecule has 11 heavy (non-hydrogen) atoms. The molecule has 0 unspecified atom stereocenters. The standard InChI is InChI=1S/C7H12O4/c1-4(2)5(6(8)9)7(10)11-3/h4-5H,1-3H3,(H,8,9)/t5-/m0/s1. The zero-order valence-electron chi connectivity index (χ0n) is 6.83. The average molecular weight is 160 g/mol. The number of aliphatic carboxylic acids is 1. The maximum Gasteiger partial charge on any atom is 0.320 e. The fourth-order valence-electron chi connectivity index (χ4n) is 0.785. The van der Waals surface area contributed by atoms with Crippen LogP contribution in [0.5, 0.6) is 0 Å². The number of methoxy groups -OCH3 is 1. The van der Waals surface area contributed by atoms with Crippen molar-refractivity contribution in [3.8, 4) is 0 Å². The van der Waals surface area contributed by atoms with E-state index in [0.717, 1.165) is 0 Å². The number of esters is 1. The smallest absolute Gasteiger partial charge is 0.320 e. The molecule has 0 aliphatic rings. The van der Waals surface area contributed by atoms with Crippen LogP contribution >= 0.6 is 0 Å². The second kappa shape index (κ2) is 3.95. The van der Waals surface area contributed by atoms with Gasteiger partial charge in [-0.05, 0) is 5.92 Å². The van der Waals surface area contributed by atoms with Gasteiger partial charge in [-0.25, -0.2) is 0 Å². The molecule has 0 fully saturated rings. The summed E-state index contributed by atoms with van der Waals surface area (Å²) in [5.74, 6) is -3.10. The summed E-state index contributed by atoms with van der Waals surface area (Å²) in [5, 5.41) is 8.54. The van der Waals surface area contributed by atoms with Gasteiger partial charge < -0.3 is 9.84 Å². The Morgan fingerprint density at radius 1 is 1.36 bits per heavy atom. The van der Waals surface area contributed by atoms with Crippen LogP contribution in [0, 0.1) is 11.8 Å². The molecule has 0 aliphatic carbocycles. The number of hydrogen-bond acceptors (Lipinski definition) is 3. The predicted octanol–water partition coefficient (Wildman–Crippen LogP) is 0.516. The number of carboxylic acid groups (broad SMARTS) is 1. The Morgan fingerprint density at radius 3 is 1.91 bits per heavy atom. The molecular weight excluding hydrogens is 148 g/mol. The molecule has 0 rings (SSSR count). The molecule has 0 aromatic carbocycles. The normalized spacial score (nSPS) is 12.7. The molecular formula is C7H12O4. The second-order valence-corrected chi connectivity index (χ2v) is 2.58. The second-order valence-electron chi connectivity index (χ2n) is 2.58. The molecule has 0 radical (unpaired) electrons. The van der Waals surface area contributed by atoms with E-state index < -0.39 is 17.9 Å². The zero-order chi connectivity index (χ0) is 9.02. The van der Waals surface area contributed by atoms with Gasteiger partial charge in [0.1, 0.15) is 0 Å². The first-order valence-corrected chi connectivity index (χ1v) is 3.31. The van der Waals surface area contributed by atoms with Crippen LogP contribution in [0.25, 0.3) is 0 Å². The fourth-order valence-corrected chi connectivity index (χ4v) is 0.785. The quantitative estimate of drug-likeness (QED) is 0.482. The van der Waals surface area contributed by atoms with Crippen LogP contribution in [-0.2, 0) is 14.3 Å². The lowest BCUT2D eigenvalue weighted by Crippen LogP contribution is -2.29. The lowest BCUT2D eigenvalue weighted by Gasteiger charge is -2.12. The third kappa shape index (κ3) is 2.57. The van der Waals surface area contributed by atoms with Crippen molar-refractivity contribution in [3.63, 3.8) is 0 Å². The van der Waals surface area contributed by atoms with Crippen molar-refractivity contribution >= 4 is 11.9 Å². The van der Waals surface area contributed by atoms with Gasteiger partial charge in [-0.3, -0.25) is 9.59 Å². The topological polar surface area (TPSA) is 63.6 Å². The molecule has 0 saturated carbocycles. The van der Waals surface area contributed by atoms with Crippen LogP contribution < -0.4 is 0 Å². The molecule has 0 aromatic rings. The summed E-state index contributed by atoms with van der Waals surface area (Å²) < 4.78 is 4.32. The monoisotopic (exact) mass is 160 g/mol. The Kier molecular flexibility index (Phi) is 3.57. The highest BCUT2D eigenvalue weighted by Crippen LogP contribution is 2.12. The molecule has 4 nitrogen and oxygen atoms in total. The van der Waals surface area contributed by atoms with Crippen molar-refractivity contribution in [3.05, 3.63) is 0 Å². The minimum absolute atomic E-state index is 0.236. The number of rotatable bonds is 3. The molecule has 0 heterocycles. The highest BCUT2D eigenvalue weighted by molar-refractivity contribution is 5.94. The van der Waals surface area contributed by atoms with Crippen molar-refractivity contribution in [2.24, 2.45) is 11.8 Å². The summed E-state index contributed by atoms with van der Waals surface area (Å²) in [6, 6.07) is 0. The third-order valence-corrected chi connectivity index (χ3v) is 1.39. The Hall–Kier alpha value is -1.06. The van der Waals surface area contributed by atoms with Gasteiger partial charge in [-0.2, -0.15) is 0 Å². The van der Waals surface area contributed by atoms with Gasteiger partial charge in [-0.15, -0.1) is 0 Å². The van der Waals surface area contributed by atoms with Gasteiger partial charge in [0.25, 0.3) is 0 Å². The minimum atomic E-state index is -1.13. The summed E-state index contributed by atoms with van der Waals surface area (Å²) in [4.78, 5) is 21.2. The minimum Gasteiger partial charge on any atom is -0.481 e. The Morgan fingerprint density at radius 2 is 1.82 bits per heavy atom. The van der Waals surface area contributed by atoms with Crippen molar-refractivity contribution in [1.82, 2.24) is 0 Å². The third-order valence-electron chi connectivity index (χ3n) is 1.39. The van der Waals surface area contributed by atoms with Crippen LogP contribution in [0.2, 0.25) is 0 Å². The highest BCUT2D eigenvalue weighted by atomic mass is 16.5. The molecule has 64 valence electrons. The van der Waals surface area contributed by atoms with E-state index in [0.29, 0.717) is 0 Å². The lowest BCUT2D eigenvalue weighted by molar-refractivity contribution is -0.158. The lowest BCUT2D eigenvalue weighted by atomic mass is 9.96. The van der Waals surface area contributed by atoms with Gasteiger partial charge in [0.05, 0.1) is 7.11 Å². The van der Waals surface area contributed by atoms with E-state index in [-0.39, 0.29) is 5.92 Å². The van der Waals surface area contributed by atoms with Crippen LogP contribution in [0.15, 0.2) is 0 Å². The summed E-state index contributed by atoms with van der Waals surface area (Å²) in [7, 11) is 1.18. The van der Waals surface area contributed by atoms with E-state index in [2.05, 4.69) is 4.74 Å². The molecule has 0 aliphatic heterocycles. The van der Waals surface area contributed by atoms with Gasteiger partial charge in [0.2, 0.25) is 0 Å². The number of carboxylic acids is 1. The number of ether oxygens (including phenoxy) is 1. The maximum absolute atomic E-state index is 10.8. The summed E-state index contributed by atoms with van der Waals surface area (Å²) >= 11 is 0. The Labute approximate surface area is 65.2 Å². The average Bonchev–Trinajstić information content (AvgIpc) is 1.85. The molecule has 0 bridgehead atoms. The van der Waals surface area contributed by atoms with Crippen molar-refractivity contribution in [2.75, 3.05) is 7.11 Å². The van der Waals surface area contributed by atoms with Crippen LogP contribution in [0.3, 0.4) is 0 Å². The predicted molar refractivity (Wildman–Crippen MR) is 38.0 cm³/mol. The van der Waals surface area contributed by atoms with E-state index >= 15 is 0 Å². The summed E-state index contributed by atoms with van der Waals surface area (Å²) in [6.07, 6.45) is 0. The number of carbonyl (C=O) groups is 2. The molecule has 0 amide bonds. The first-order chi connectivity index (χ1) is 5.00. The van der Waals surface area contributed by atoms with Crippen LogP contribution in [-0.4, -0.2) is 24.2 Å². The summed E-state index contributed by atoms with van der Waals surface area (Å²) in [5.41, 5.74) is 0. The zero-order valence-corrected chi connectivity index (χ0v) is 6.83. The number of carbonyl (C=O) groups excluding carboxylic acids is 1. The molecule has 0 aromatic heterocycles. The molecule has 0 saturated heterocycles. The first-order valence-electron chi connectivity index (χ1n) is 3.31. The first kappa shape index (κ1) is 9.94. The van der Waals surface area contributed by atoms with Gasteiger partial charge in [0.15, 0.2) is 5.92 Å². The number of hydrogen-bond donors (Lipinski definition) is 1. The van der Waals surface area contributed by atoms with E-state index in [9.17, 15) is 9.59 Å². The van der Waals surface area contributed by atoms with Crippen molar-refractivity contribution in [2.45, 2.75) is 13.8 Å². The SMILES string of the molecule is COC(=O)[C@H](C(=O)O)C(C)C. The van der Waals surface area contributed by atoms with Crippen molar-refractivity contribution in [1.29, 1.82) is 0 Å². The maximum atomic E-state index is 10.8. The molecule has 4 heteroatoms. The molecule has 1 N–H and O–H groups in total. The largest absolute Gasteiger partial charge is 0.481 e. The summed E-state index contributed by atoms with van der Waals surface area (Å²) in [6.45, 7) is 3.32. The van der Waals surface area contributed by atoms with Gasteiger partial charge in [0, 0.05) is 0 Å². The Balaban J connectivity index is 4.34. The van der Waals surface area contributed by atoms with Crippen LogP contribution in [0.1, 0.15) is 13.8 Å². The van der Waals surface area contributed by atoms with Gasteiger partial charge >= 0.3 is 11.9 Å². The van der Waals surface area contributed by atoms with Crippen LogP contribution in [0.4, 0.5) is 0 Å². The molecule has 0 spiro atoms. The van der Waals surface area contributed by atoms with E-state index in [1.807, 2.05) is 0 Å². The van der Waals surface area contributed by atoms with Crippen molar-refractivity contribution < 1.29 is 19.4 Å². The van der Waals surface area contributed by atoms with E-state index in [4.69, 9.17) is 5.11 Å². The molecule has 1 atom stereocenters. The fraction of sp³-hybridized carbons (Fsp3) is 0.714. The Bertz CT molecular complexity index is 162. The van der Waals surface area contributed by atoms with E-state index in [1.165, 1.54) is 7.11 Å². The van der Waals surface area contributed by atoms with Gasteiger partial charge in [-0.1, -0.05) is 13.8 Å².